The van der Waals surface area contributed by atoms with Gasteiger partial charge < -0.3 is 49.5 Å². The molecule has 2 saturated heterocycles. The third kappa shape index (κ3) is 10.4. The Bertz CT molecular complexity index is 2030. The first-order chi connectivity index (χ1) is 27.3. The Morgan fingerprint density at radius 2 is 1.09 bits per heavy atom. The number of anilines is 7. The highest BCUT2D eigenvalue weighted by atomic mass is 35.5. The van der Waals surface area contributed by atoms with Crippen LogP contribution in [0.1, 0.15) is 52.2 Å². The number of carbonyl (C=O) groups is 2. The van der Waals surface area contributed by atoms with E-state index < -0.39 is 11.8 Å². The minimum Gasteiger partial charge on any atom is -0.382 e. The summed E-state index contributed by atoms with van der Waals surface area (Å²) in [5, 5.41) is 8.03. The van der Waals surface area contributed by atoms with Crippen LogP contribution >= 0.6 is 23.2 Å². The Morgan fingerprint density at radius 1 is 0.649 bits per heavy atom. The molecule has 0 aliphatic carbocycles. The summed E-state index contributed by atoms with van der Waals surface area (Å²) in [5.41, 5.74) is 35.7. The maximum Gasteiger partial charge on any atom is 0.280 e. The van der Waals surface area contributed by atoms with Gasteiger partial charge >= 0.3 is 0 Å². The summed E-state index contributed by atoms with van der Waals surface area (Å²) >= 11 is 11.8. The molecule has 15 N–H and O–H groups in total. The van der Waals surface area contributed by atoms with Crippen LogP contribution in [0.25, 0.3) is 0 Å². The normalized spacial score (nSPS) is 15.7. The van der Waals surface area contributed by atoms with E-state index in [1.807, 2.05) is 18.2 Å². The van der Waals surface area contributed by atoms with E-state index in [0.29, 0.717) is 76.3 Å². The van der Waals surface area contributed by atoms with Crippen molar-refractivity contribution in [3.8, 4) is 0 Å². The average molecular weight is 822 g/mol. The van der Waals surface area contributed by atoms with E-state index in [4.69, 9.17) is 72.6 Å². The number of nitrogens with zero attached hydrogens (tertiary/aromatic N) is 11. The van der Waals surface area contributed by atoms with Crippen molar-refractivity contribution in [3.63, 3.8) is 0 Å². The fraction of sp³-hybridized carbons (Fsp3) is 0.364. The predicted octanol–water partition coefficient (Wildman–Crippen LogP) is 0.169. The first kappa shape index (κ1) is 40.1. The van der Waals surface area contributed by atoms with Gasteiger partial charge in [0.1, 0.15) is 0 Å². The van der Waals surface area contributed by atoms with Gasteiger partial charge in [-0.1, -0.05) is 53.5 Å². The number of carbonyl (C=O) groups excluding carboxylic acids is 2. The van der Waals surface area contributed by atoms with Crippen LogP contribution in [0.2, 0.25) is 10.3 Å². The van der Waals surface area contributed by atoms with Crippen molar-refractivity contribution in [3.05, 3.63) is 57.6 Å². The molecule has 22 nitrogen and oxygen atoms in total. The van der Waals surface area contributed by atoms with E-state index in [1.54, 1.807) is 0 Å². The van der Waals surface area contributed by atoms with Crippen molar-refractivity contribution in [1.82, 2.24) is 45.5 Å². The van der Waals surface area contributed by atoms with Crippen LogP contribution in [0.15, 0.2) is 40.3 Å². The van der Waals surface area contributed by atoms with Crippen LogP contribution < -0.4 is 60.2 Å². The second kappa shape index (κ2) is 17.9. The third-order valence-corrected chi connectivity index (χ3v) is 9.57. The van der Waals surface area contributed by atoms with Crippen molar-refractivity contribution in [2.45, 2.75) is 44.2 Å². The predicted molar refractivity (Wildman–Crippen MR) is 219 cm³/mol. The zero-order valence-corrected chi connectivity index (χ0v) is 32.1. The Labute approximate surface area is 336 Å². The number of nitrogen functional groups attached to an aromatic ring is 4. The molecule has 0 radical (unpaired) electrons. The second-order valence-electron chi connectivity index (χ2n) is 13.1. The SMILES string of the molecule is NC(=NC1CCN(c2nc(NCCc3ccccc3)nc(N3CCC(N=C(N)NC(=O)c4nc(Cl)c(N)nc4N)CC3)n2)CC1)NC(=O)c1nc(Cl)c(N)nc1N. The van der Waals surface area contributed by atoms with Gasteiger partial charge in [-0.2, -0.15) is 15.0 Å². The zero-order valence-electron chi connectivity index (χ0n) is 30.6. The number of hydrogen-bond acceptors (Lipinski definition) is 18. The van der Waals surface area contributed by atoms with Gasteiger partial charge in [0.2, 0.25) is 17.8 Å². The number of rotatable bonds is 10. The average Bonchev–Trinajstić information content (AvgIpc) is 3.18. The molecule has 300 valence electrons. The summed E-state index contributed by atoms with van der Waals surface area (Å²) in [6, 6.07) is 9.74. The molecule has 0 saturated carbocycles. The molecule has 6 rings (SSSR count). The van der Waals surface area contributed by atoms with Crippen molar-refractivity contribution >= 4 is 88.1 Å². The monoisotopic (exact) mass is 820 g/mol. The molecule has 5 heterocycles. The standard InChI is InChI=1S/C33H42Cl2N20O2/c34-21-25(38)47-23(36)19(45-21)27(56)49-29(40)43-17-7-12-54(13-8-17)32-51-31(42-11-6-16-4-2-1-3-5-16)52-33(53-32)55-14-9-18(10-15-55)44-30(41)50-28(57)20-24(37)48-26(39)22(35)46-20/h1-5,17-18H,6-15H2,(H4,36,38,47)(H4,37,39,48)(H3,40,43,49,56)(H3,41,44,50,57)(H,42,51,52,53). The van der Waals surface area contributed by atoms with E-state index in [0.717, 1.165) is 6.42 Å². The number of nitrogens with one attached hydrogen (secondary N) is 3. The number of amides is 2. The highest BCUT2D eigenvalue weighted by Crippen LogP contribution is 2.25. The lowest BCUT2D eigenvalue weighted by Gasteiger charge is -2.33. The number of guanidine groups is 2. The van der Waals surface area contributed by atoms with Gasteiger partial charge in [0.25, 0.3) is 11.8 Å². The topological polar surface area (TPSA) is 348 Å². The highest BCUT2D eigenvalue weighted by molar-refractivity contribution is 6.32. The number of piperidine rings is 2. The van der Waals surface area contributed by atoms with Gasteiger partial charge in [0.15, 0.2) is 56.9 Å². The number of hydrogen-bond donors (Lipinski definition) is 9. The molecule has 4 aromatic rings. The number of halogens is 2. The van der Waals surface area contributed by atoms with Gasteiger partial charge in [-0.25, -0.2) is 29.9 Å². The molecule has 1 aromatic carbocycles. The van der Waals surface area contributed by atoms with E-state index >= 15 is 0 Å². The minimum absolute atomic E-state index is 0.0923. The lowest BCUT2D eigenvalue weighted by molar-refractivity contribution is 0.0963. The van der Waals surface area contributed by atoms with Crippen LogP contribution in [0, 0.1) is 0 Å². The number of aromatic nitrogens is 7. The third-order valence-electron chi connectivity index (χ3n) is 9.01. The molecular formula is C33H42Cl2N20O2. The van der Waals surface area contributed by atoms with Crippen LogP contribution in [0.4, 0.5) is 41.1 Å². The first-order valence-corrected chi connectivity index (χ1v) is 18.6. The molecule has 24 heteroatoms. The van der Waals surface area contributed by atoms with Gasteiger partial charge in [0, 0.05) is 32.7 Å². The summed E-state index contributed by atoms with van der Waals surface area (Å²) in [5.74, 6) is -0.700. The lowest BCUT2D eigenvalue weighted by Crippen LogP contribution is -2.42. The first-order valence-electron chi connectivity index (χ1n) is 17.8. The maximum atomic E-state index is 12.7. The zero-order chi connectivity index (χ0) is 40.6. The summed E-state index contributed by atoms with van der Waals surface area (Å²) in [4.78, 5) is 68.4. The van der Waals surface area contributed by atoms with Crippen molar-refractivity contribution in [2.24, 2.45) is 21.5 Å². The van der Waals surface area contributed by atoms with Crippen LogP contribution in [-0.4, -0.2) is 103 Å². The molecule has 0 spiro atoms. The number of nitrogens with two attached hydrogens (primary N) is 6. The molecule has 2 amide bonds. The van der Waals surface area contributed by atoms with E-state index in [1.165, 1.54) is 5.56 Å². The molecule has 2 aliphatic rings. The van der Waals surface area contributed by atoms with Crippen molar-refractivity contribution in [1.29, 1.82) is 0 Å². The van der Waals surface area contributed by atoms with Gasteiger partial charge in [-0.05, 0) is 37.7 Å². The Morgan fingerprint density at radius 3 is 1.53 bits per heavy atom. The van der Waals surface area contributed by atoms with Gasteiger partial charge in [-0.15, -0.1) is 0 Å². The quantitative estimate of drug-likeness (QED) is 0.0760. The van der Waals surface area contributed by atoms with Gasteiger partial charge in [0.05, 0.1) is 12.1 Å². The lowest BCUT2D eigenvalue weighted by atomic mass is 10.1. The molecule has 0 bridgehead atoms. The Hall–Kier alpha value is -6.55. The largest absolute Gasteiger partial charge is 0.382 e. The smallest absolute Gasteiger partial charge is 0.280 e. The Kier molecular flexibility index (Phi) is 12.6. The van der Waals surface area contributed by atoms with Crippen molar-refractivity contribution < 1.29 is 9.59 Å². The summed E-state index contributed by atoms with van der Waals surface area (Å²) in [7, 11) is 0. The highest BCUT2D eigenvalue weighted by Gasteiger charge is 2.27. The van der Waals surface area contributed by atoms with Crippen LogP contribution in [0.3, 0.4) is 0 Å². The molecule has 57 heavy (non-hydrogen) atoms. The molecule has 0 unspecified atom stereocenters. The van der Waals surface area contributed by atoms with Crippen molar-refractivity contribution in [2.75, 3.05) is 70.8 Å². The molecular weight excluding hydrogens is 779 g/mol. The second-order valence-corrected chi connectivity index (χ2v) is 13.8. The van der Waals surface area contributed by atoms with E-state index in [2.05, 4.69) is 67.8 Å². The van der Waals surface area contributed by atoms with Crippen LogP contribution in [0.5, 0.6) is 0 Å². The summed E-state index contributed by atoms with van der Waals surface area (Å²) in [6.07, 6.45) is 3.20. The number of aliphatic imine (C=N–C) groups is 2. The maximum absolute atomic E-state index is 12.7. The van der Waals surface area contributed by atoms with Gasteiger partial charge in [-0.3, -0.25) is 20.2 Å². The fourth-order valence-electron chi connectivity index (χ4n) is 6.10. The molecule has 2 fully saturated rings. The molecule has 2 aliphatic heterocycles. The summed E-state index contributed by atoms with van der Waals surface area (Å²) in [6.45, 7) is 2.87. The van der Waals surface area contributed by atoms with E-state index in [9.17, 15) is 9.59 Å². The molecule has 3 aromatic heterocycles. The van der Waals surface area contributed by atoms with E-state index in [-0.39, 0.29) is 69.0 Å². The molecule has 0 atom stereocenters. The fourth-order valence-corrected chi connectivity index (χ4v) is 6.35. The minimum atomic E-state index is -0.710. The number of benzene rings is 1. The van der Waals surface area contributed by atoms with Crippen LogP contribution in [-0.2, 0) is 6.42 Å². The Balaban J connectivity index is 1.09. The summed E-state index contributed by atoms with van der Waals surface area (Å²) < 4.78 is 0.